The molecule has 3 heterocycles. The summed E-state index contributed by atoms with van der Waals surface area (Å²) in [5, 5.41) is 12.5. The Balaban J connectivity index is 1.79. The minimum Gasteiger partial charge on any atom is -0.465 e. The number of aromatic nitrogens is 1. The van der Waals surface area contributed by atoms with Gasteiger partial charge in [0, 0.05) is 29.9 Å². The molecule has 0 radical (unpaired) electrons. The van der Waals surface area contributed by atoms with E-state index in [-0.39, 0.29) is 11.6 Å². The van der Waals surface area contributed by atoms with Crippen LogP contribution in [0.2, 0.25) is 0 Å². The molecule has 2 aliphatic heterocycles. The lowest BCUT2D eigenvalue weighted by molar-refractivity contribution is -0.139. The topological polar surface area (TPSA) is 112 Å². The predicted octanol–water partition coefficient (Wildman–Crippen LogP) is 0.933. The molecule has 1 fully saturated rings. The first-order valence-electron chi connectivity index (χ1n) is 8.75. The number of rotatable bonds is 3. The molecule has 9 nitrogen and oxygen atoms in total. The van der Waals surface area contributed by atoms with Crippen molar-refractivity contribution < 1.29 is 24.2 Å². The van der Waals surface area contributed by atoms with Gasteiger partial charge in [0.25, 0.3) is 5.91 Å². The number of hydrogen-bond acceptors (Lipinski definition) is 7. The Morgan fingerprint density at radius 1 is 1.41 bits per heavy atom. The molecule has 2 atom stereocenters. The third-order valence-corrected chi connectivity index (χ3v) is 5.78. The zero-order valence-electron chi connectivity index (χ0n) is 15.8. The maximum absolute atomic E-state index is 12.7. The molecular formula is C17H24N4O5S. The van der Waals surface area contributed by atoms with Gasteiger partial charge < -0.3 is 20.1 Å². The Bertz CT molecular complexity index is 772. The minimum atomic E-state index is -1.17. The van der Waals surface area contributed by atoms with E-state index in [4.69, 9.17) is 4.74 Å². The Morgan fingerprint density at radius 2 is 2.11 bits per heavy atom. The smallest absolute Gasteiger partial charge is 0.408 e. The fourth-order valence-corrected chi connectivity index (χ4v) is 4.53. The van der Waals surface area contributed by atoms with Crippen LogP contribution in [0.5, 0.6) is 0 Å². The van der Waals surface area contributed by atoms with Gasteiger partial charge in [-0.15, -0.1) is 11.3 Å². The summed E-state index contributed by atoms with van der Waals surface area (Å²) >= 11 is 1.31. The van der Waals surface area contributed by atoms with E-state index in [9.17, 15) is 19.5 Å². The molecule has 0 bridgehead atoms. The van der Waals surface area contributed by atoms with E-state index in [1.54, 1.807) is 20.8 Å². The summed E-state index contributed by atoms with van der Waals surface area (Å²) in [4.78, 5) is 45.3. The summed E-state index contributed by atoms with van der Waals surface area (Å²) in [6.45, 7) is 6.72. The average molecular weight is 396 g/mol. The van der Waals surface area contributed by atoms with Crippen molar-refractivity contribution in [2.45, 2.75) is 51.4 Å². The Kier molecular flexibility index (Phi) is 5.13. The first kappa shape index (κ1) is 19.6. The molecule has 0 spiro atoms. The molecule has 2 amide bonds. The fraction of sp³-hybridized carbons (Fsp3) is 0.647. The summed E-state index contributed by atoms with van der Waals surface area (Å²) in [6, 6.07) is -1.85. The van der Waals surface area contributed by atoms with Crippen LogP contribution in [0, 0.1) is 0 Å². The van der Waals surface area contributed by atoms with Crippen LogP contribution < -0.4 is 5.32 Å². The third-order valence-electron chi connectivity index (χ3n) is 4.70. The number of carbonyl (C=O) groups excluding carboxylic acids is 2. The van der Waals surface area contributed by atoms with Crippen LogP contribution in [-0.2, 0) is 22.5 Å². The molecular weight excluding hydrogens is 372 g/mol. The third kappa shape index (κ3) is 3.91. The lowest BCUT2D eigenvalue weighted by Crippen LogP contribution is -2.59. The van der Waals surface area contributed by atoms with Crippen molar-refractivity contribution in [3.63, 3.8) is 0 Å². The quantitative estimate of drug-likeness (QED) is 0.731. The van der Waals surface area contributed by atoms with E-state index in [2.05, 4.69) is 15.2 Å². The van der Waals surface area contributed by atoms with Crippen molar-refractivity contribution in [2.75, 3.05) is 20.2 Å². The molecule has 27 heavy (non-hydrogen) atoms. The lowest BCUT2D eigenvalue weighted by Gasteiger charge is -2.38. The van der Waals surface area contributed by atoms with Crippen LogP contribution in [0.15, 0.2) is 0 Å². The van der Waals surface area contributed by atoms with Gasteiger partial charge in [-0.25, -0.2) is 14.6 Å². The Labute approximate surface area is 161 Å². The van der Waals surface area contributed by atoms with Gasteiger partial charge in [-0.1, -0.05) is 0 Å². The number of likely N-dealkylation sites (N-methyl/N-ethyl adjacent to an activating group) is 1. The first-order valence-corrected chi connectivity index (χ1v) is 9.56. The molecule has 0 aromatic carbocycles. The number of ether oxygens (including phenoxy) is 1. The molecule has 1 saturated heterocycles. The molecule has 0 unspecified atom stereocenters. The Hall–Kier alpha value is -2.20. The maximum Gasteiger partial charge on any atom is 0.408 e. The normalized spacial score (nSPS) is 22.9. The summed E-state index contributed by atoms with van der Waals surface area (Å²) < 4.78 is 5.05. The summed E-state index contributed by atoms with van der Waals surface area (Å²) in [5.41, 5.74) is 0.161. The van der Waals surface area contributed by atoms with E-state index < -0.39 is 35.6 Å². The molecule has 2 aliphatic rings. The van der Waals surface area contributed by atoms with Gasteiger partial charge >= 0.3 is 12.1 Å². The highest BCUT2D eigenvalue weighted by atomic mass is 32.1. The van der Waals surface area contributed by atoms with Gasteiger partial charge in [0.1, 0.15) is 12.6 Å². The van der Waals surface area contributed by atoms with E-state index in [1.807, 2.05) is 7.05 Å². The van der Waals surface area contributed by atoms with Crippen LogP contribution in [0.4, 0.5) is 4.79 Å². The maximum atomic E-state index is 12.7. The molecule has 1 aromatic rings. The van der Waals surface area contributed by atoms with Crippen LogP contribution in [0.25, 0.3) is 0 Å². The van der Waals surface area contributed by atoms with Crippen molar-refractivity contribution in [1.29, 1.82) is 0 Å². The van der Waals surface area contributed by atoms with Crippen molar-refractivity contribution in [2.24, 2.45) is 0 Å². The molecule has 0 saturated carbocycles. The monoisotopic (exact) mass is 396 g/mol. The Morgan fingerprint density at radius 3 is 2.74 bits per heavy atom. The minimum absolute atomic E-state index is 0.0908. The number of cyclic esters (lactones) is 1. The number of amides is 2. The van der Waals surface area contributed by atoms with Gasteiger partial charge in [0.05, 0.1) is 5.69 Å². The first-order chi connectivity index (χ1) is 12.6. The van der Waals surface area contributed by atoms with Crippen molar-refractivity contribution >= 4 is 29.3 Å². The molecule has 3 rings (SSSR count). The van der Waals surface area contributed by atoms with Crippen LogP contribution in [0.3, 0.4) is 0 Å². The second-order valence-electron chi connectivity index (χ2n) is 7.85. The number of carboxylic acid groups (broad SMARTS) is 1. The summed E-state index contributed by atoms with van der Waals surface area (Å²) in [7, 11) is 2.01. The lowest BCUT2D eigenvalue weighted by atomic mass is 10.0. The van der Waals surface area contributed by atoms with E-state index in [1.165, 1.54) is 11.3 Å². The molecule has 1 aromatic heterocycles. The molecule has 148 valence electrons. The average Bonchev–Trinajstić information content (AvgIpc) is 3.11. The zero-order chi connectivity index (χ0) is 19.9. The van der Waals surface area contributed by atoms with Gasteiger partial charge in [-0.2, -0.15) is 0 Å². The second-order valence-corrected chi connectivity index (χ2v) is 8.93. The van der Waals surface area contributed by atoms with Crippen molar-refractivity contribution in [3.8, 4) is 0 Å². The van der Waals surface area contributed by atoms with Crippen LogP contribution in [0.1, 0.15) is 41.1 Å². The van der Waals surface area contributed by atoms with Crippen LogP contribution >= 0.6 is 11.3 Å². The SMILES string of the molecule is CN1CCc2nc(C(=O)N[C@@H]3C(=O)OC[C@H]3N(C(=O)O)C(C)(C)C)sc2C1. The van der Waals surface area contributed by atoms with Crippen LogP contribution in [-0.4, -0.2) is 75.7 Å². The summed E-state index contributed by atoms with van der Waals surface area (Å²) in [5.74, 6) is -1.12. The zero-order valence-corrected chi connectivity index (χ0v) is 16.6. The number of fused-ring (bicyclic) bond motifs is 1. The highest BCUT2D eigenvalue weighted by molar-refractivity contribution is 7.13. The predicted molar refractivity (Wildman–Crippen MR) is 97.8 cm³/mol. The molecule has 2 N–H and O–H groups in total. The van der Waals surface area contributed by atoms with Gasteiger partial charge in [0.15, 0.2) is 11.0 Å². The van der Waals surface area contributed by atoms with Crippen molar-refractivity contribution in [1.82, 2.24) is 20.1 Å². The largest absolute Gasteiger partial charge is 0.465 e. The van der Waals surface area contributed by atoms with E-state index in [0.717, 1.165) is 35.0 Å². The standard InChI is InChI=1S/C17H24N4O5S/c1-17(2,3)21(16(24)25)10-8-26-15(23)12(10)19-13(22)14-18-9-5-6-20(4)7-11(9)27-14/h10,12H,5-8H2,1-4H3,(H,19,22)(H,24,25)/t10-,12+/m1/s1. The second kappa shape index (κ2) is 7.08. The number of nitrogens with zero attached hydrogens (tertiary/aromatic N) is 3. The van der Waals surface area contributed by atoms with E-state index in [0.29, 0.717) is 0 Å². The summed E-state index contributed by atoms with van der Waals surface area (Å²) in [6.07, 6.45) is -0.390. The number of nitrogens with one attached hydrogen (secondary N) is 1. The van der Waals surface area contributed by atoms with Gasteiger partial charge in [-0.05, 0) is 27.8 Å². The number of hydrogen-bond donors (Lipinski definition) is 2. The highest BCUT2D eigenvalue weighted by Crippen LogP contribution is 2.26. The van der Waals surface area contributed by atoms with Crippen molar-refractivity contribution in [3.05, 3.63) is 15.6 Å². The van der Waals surface area contributed by atoms with E-state index >= 15 is 0 Å². The molecule has 0 aliphatic carbocycles. The molecule has 10 heteroatoms. The van der Waals surface area contributed by atoms with Gasteiger partial charge in [-0.3, -0.25) is 9.69 Å². The number of thiazole rings is 1. The number of esters is 1. The fourth-order valence-electron chi connectivity index (χ4n) is 3.44. The highest BCUT2D eigenvalue weighted by Gasteiger charge is 2.47. The number of carbonyl (C=O) groups is 3. The van der Waals surface area contributed by atoms with Gasteiger partial charge in [0.2, 0.25) is 0 Å².